The molecular weight excluding hydrogens is 510 g/mol. The van der Waals surface area contributed by atoms with Crippen molar-refractivity contribution in [2.24, 2.45) is 7.05 Å². The molecule has 1 N–H and O–H groups in total. The largest absolute Gasteiger partial charge is 0.448 e. The van der Waals surface area contributed by atoms with Crippen molar-refractivity contribution in [2.75, 3.05) is 5.32 Å². The number of nitrogens with zero attached hydrogens (tertiary/aromatic N) is 2. The first-order chi connectivity index (χ1) is 18.9. The van der Waals surface area contributed by atoms with Gasteiger partial charge >= 0.3 is 5.97 Å². The first-order valence-corrected chi connectivity index (χ1v) is 13.5. The Morgan fingerprint density at radius 3 is 2.31 bits per heavy atom. The molecule has 0 radical (unpaired) electrons. The number of hydrogen-bond acceptors (Lipinski definition) is 6. The number of ether oxygens (including phenoxy) is 1. The van der Waals surface area contributed by atoms with Crippen molar-refractivity contribution in [3.63, 3.8) is 0 Å². The molecule has 196 valence electrons. The van der Waals surface area contributed by atoms with Crippen molar-refractivity contribution in [2.45, 2.75) is 26.4 Å². The zero-order valence-electron chi connectivity index (χ0n) is 21.8. The summed E-state index contributed by atoms with van der Waals surface area (Å²) in [4.78, 5) is 44.5. The Bertz CT molecular complexity index is 1720. The molecule has 5 aromatic rings. The number of benzene rings is 3. The number of hydrogen-bond donors (Lipinski definition) is 1. The molecule has 5 rings (SSSR count). The Morgan fingerprint density at radius 1 is 0.949 bits per heavy atom. The fourth-order valence-electron chi connectivity index (χ4n) is 4.48. The van der Waals surface area contributed by atoms with Crippen molar-refractivity contribution in [1.82, 2.24) is 9.55 Å². The number of carbonyl (C=O) groups excluding carboxylic acids is 2. The van der Waals surface area contributed by atoms with E-state index in [2.05, 4.69) is 10.3 Å². The molecule has 8 heteroatoms. The zero-order chi connectivity index (χ0) is 27.5. The number of amides is 1. The fourth-order valence-corrected chi connectivity index (χ4v) is 5.20. The highest BCUT2D eigenvalue weighted by atomic mass is 32.1. The average molecular weight is 538 g/mol. The van der Waals surface area contributed by atoms with Crippen molar-refractivity contribution in [3.8, 4) is 22.4 Å². The Balaban J connectivity index is 1.46. The van der Waals surface area contributed by atoms with E-state index in [4.69, 9.17) is 4.74 Å². The van der Waals surface area contributed by atoms with Crippen LogP contribution in [0.3, 0.4) is 0 Å². The summed E-state index contributed by atoms with van der Waals surface area (Å²) in [6.45, 7) is 3.74. The molecule has 2 heterocycles. The monoisotopic (exact) mass is 537 g/mol. The minimum Gasteiger partial charge on any atom is -0.448 e. The van der Waals surface area contributed by atoms with Crippen LogP contribution in [0.2, 0.25) is 0 Å². The number of nitrogens with one attached hydrogen (secondary N) is 1. The number of thiazole rings is 1. The summed E-state index contributed by atoms with van der Waals surface area (Å²) < 4.78 is 7.05. The number of pyridine rings is 1. The van der Waals surface area contributed by atoms with Crippen LogP contribution < -0.4 is 10.9 Å². The molecule has 7 nitrogen and oxygen atoms in total. The number of esters is 1. The molecule has 0 aliphatic heterocycles. The highest BCUT2D eigenvalue weighted by Gasteiger charge is 2.28. The van der Waals surface area contributed by atoms with E-state index in [1.54, 1.807) is 26.1 Å². The Hall–Kier alpha value is -4.56. The third kappa shape index (κ3) is 5.24. The van der Waals surface area contributed by atoms with E-state index in [9.17, 15) is 14.4 Å². The smallest absolute Gasteiger partial charge is 0.356 e. The molecule has 0 aliphatic carbocycles. The molecule has 1 atom stereocenters. The van der Waals surface area contributed by atoms with Gasteiger partial charge in [-0.15, -0.1) is 11.3 Å². The Morgan fingerprint density at radius 2 is 1.62 bits per heavy atom. The predicted molar refractivity (Wildman–Crippen MR) is 155 cm³/mol. The van der Waals surface area contributed by atoms with E-state index in [0.29, 0.717) is 21.5 Å². The molecule has 0 fully saturated rings. The van der Waals surface area contributed by atoms with Crippen molar-refractivity contribution in [3.05, 3.63) is 106 Å². The van der Waals surface area contributed by atoms with Gasteiger partial charge < -0.3 is 9.30 Å². The van der Waals surface area contributed by atoms with E-state index in [1.807, 2.05) is 79.0 Å². The van der Waals surface area contributed by atoms with Crippen LogP contribution in [0.5, 0.6) is 0 Å². The molecule has 0 bridgehead atoms. The summed E-state index contributed by atoms with van der Waals surface area (Å²) in [7, 11) is 1.55. The third-order valence-electron chi connectivity index (χ3n) is 6.55. The lowest BCUT2D eigenvalue weighted by Crippen LogP contribution is -2.34. The number of aromatic nitrogens is 2. The first kappa shape index (κ1) is 26.1. The van der Waals surface area contributed by atoms with Gasteiger partial charge in [0.15, 0.2) is 11.2 Å². The van der Waals surface area contributed by atoms with Gasteiger partial charge in [0, 0.05) is 28.9 Å². The van der Waals surface area contributed by atoms with Crippen LogP contribution in [0.15, 0.2) is 89.0 Å². The molecular formula is C31H27N3O4S. The minimum absolute atomic E-state index is 0.0921. The number of fused-ring (bicyclic) bond motifs is 1. The number of anilines is 1. The van der Waals surface area contributed by atoms with Crippen molar-refractivity contribution < 1.29 is 14.3 Å². The maximum absolute atomic E-state index is 13.7. The number of carbonyl (C=O) groups is 2. The van der Waals surface area contributed by atoms with Gasteiger partial charge in [-0.1, -0.05) is 85.3 Å². The van der Waals surface area contributed by atoms with Gasteiger partial charge in [-0.2, -0.15) is 0 Å². The molecule has 2 aromatic heterocycles. The van der Waals surface area contributed by atoms with Crippen molar-refractivity contribution in [1.29, 1.82) is 0 Å². The second-order valence-electron chi connectivity index (χ2n) is 9.19. The van der Waals surface area contributed by atoms with E-state index < -0.39 is 18.0 Å². The van der Waals surface area contributed by atoms with Crippen LogP contribution in [0.25, 0.3) is 33.2 Å². The van der Waals surface area contributed by atoms with Crippen LogP contribution in [0, 0.1) is 6.92 Å². The molecule has 1 unspecified atom stereocenters. The Kier molecular flexibility index (Phi) is 7.38. The summed E-state index contributed by atoms with van der Waals surface area (Å²) in [6, 6.07) is 24.5. The van der Waals surface area contributed by atoms with E-state index >= 15 is 0 Å². The normalized spacial score (nSPS) is 11.8. The lowest BCUT2D eigenvalue weighted by Gasteiger charge is -2.20. The summed E-state index contributed by atoms with van der Waals surface area (Å²) >= 11 is 1.29. The summed E-state index contributed by atoms with van der Waals surface area (Å²) in [5, 5.41) is 6.18. The minimum atomic E-state index is -1.07. The third-order valence-corrected chi connectivity index (χ3v) is 7.31. The summed E-state index contributed by atoms with van der Waals surface area (Å²) in [6.07, 6.45) is -0.829. The standard InChI is InChI=1S/C31H27N3O4S/c1-4-25(28(35)33-31-32-24(18-39-31)20-10-6-5-7-11-20)38-30(37)27-26(21-16-14-19(2)15-17-21)22-12-8-9-13-23(22)29(36)34(27)3/h5-18,25H,4H2,1-3H3,(H,32,33,35). The van der Waals surface area contributed by atoms with Gasteiger partial charge in [0.25, 0.3) is 11.5 Å². The van der Waals surface area contributed by atoms with Gasteiger partial charge in [-0.3, -0.25) is 14.9 Å². The molecule has 39 heavy (non-hydrogen) atoms. The van der Waals surface area contributed by atoms with Crippen LogP contribution in [0.4, 0.5) is 5.13 Å². The highest BCUT2D eigenvalue weighted by Crippen LogP contribution is 2.32. The van der Waals surface area contributed by atoms with E-state index in [1.165, 1.54) is 15.9 Å². The summed E-state index contributed by atoms with van der Waals surface area (Å²) in [5.41, 5.74) is 3.88. The fraction of sp³-hybridized carbons (Fsp3) is 0.161. The van der Waals surface area contributed by atoms with Gasteiger partial charge in [0.2, 0.25) is 0 Å². The highest BCUT2D eigenvalue weighted by molar-refractivity contribution is 7.14. The second-order valence-corrected chi connectivity index (χ2v) is 10.1. The van der Waals surface area contributed by atoms with Crippen LogP contribution in [-0.2, 0) is 16.6 Å². The maximum atomic E-state index is 13.7. The molecule has 1 amide bonds. The molecule has 0 spiro atoms. The predicted octanol–water partition coefficient (Wildman–Crippen LogP) is 6.21. The maximum Gasteiger partial charge on any atom is 0.356 e. The lowest BCUT2D eigenvalue weighted by atomic mass is 9.96. The molecule has 3 aromatic carbocycles. The van der Waals surface area contributed by atoms with Crippen molar-refractivity contribution >= 4 is 39.1 Å². The molecule has 0 saturated carbocycles. The first-order valence-electron chi connectivity index (χ1n) is 12.6. The molecule has 0 saturated heterocycles. The number of aryl methyl sites for hydroxylation is 1. The van der Waals surface area contributed by atoms with E-state index in [-0.39, 0.29) is 17.7 Å². The SMILES string of the molecule is CCC(OC(=O)c1c(-c2ccc(C)cc2)c2ccccc2c(=O)n1C)C(=O)Nc1nc(-c2ccccc2)cs1. The molecule has 0 aliphatic rings. The van der Waals surface area contributed by atoms with Gasteiger partial charge in [-0.05, 0) is 30.4 Å². The van der Waals surface area contributed by atoms with Gasteiger partial charge in [-0.25, -0.2) is 9.78 Å². The second kappa shape index (κ2) is 11.0. The van der Waals surface area contributed by atoms with Gasteiger partial charge in [0.1, 0.15) is 5.69 Å². The Labute approximate surface area is 229 Å². The average Bonchev–Trinajstić information content (AvgIpc) is 3.43. The van der Waals surface area contributed by atoms with Crippen LogP contribution in [0.1, 0.15) is 29.4 Å². The lowest BCUT2D eigenvalue weighted by molar-refractivity contribution is -0.124. The topological polar surface area (TPSA) is 90.3 Å². The van der Waals surface area contributed by atoms with Crippen LogP contribution in [-0.4, -0.2) is 27.5 Å². The van der Waals surface area contributed by atoms with Crippen LogP contribution >= 0.6 is 11.3 Å². The van der Waals surface area contributed by atoms with Gasteiger partial charge in [0.05, 0.1) is 5.69 Å². The summed E-state index contributed by atoms with van der Waals surface area (Å²) in [5.74, 6) is -1.23. The van der Waals surface area contributed by atoms with E-state index in [0.717, 1.165) is 22.4 Å². The quantitative estimate of drug-likeness (QED) is 0.249. The number of rotatable bonds is 7. The zero-order valence-corrected chi connectivity index (χ0v) is 22.6.